The minimum atomic E-state index is 0.221. The van der Waals surface area contributed by atoms with Crippen LogP contribution in [0.25, 0.3) is 6.08 Å². The topological polar surface area (TPSA) is 38.8 Å². The standard InChI is InChI=1S/C15H14BrNO3/c16-11-7-14-13(19-8-20-14)6-10(11)5-12-15(18)9-1-3-17(12)4-2-9/h5-7,9H,1-4,8H2/b12-5+. The fourth-order valence-corrected chi connectivity index (χ4v) is 3.54. The second kappa shape index (κ2) is 4.52. The van der Waals surface area contributed by atoms with E-state index in [0.29, 0.717) is 0 Å². The van der Waals surface area contributed by atoms with E-state index in [-0.39, 0.29) is 18.5 Å². The van der Waals surface area contributed by atoms with Crippen molar-refractivity contribution >= 4 is 27.8 Å². The Morgan fingerprint density at radius 3 is 2.60 bits per heavy atom. The van der Waals surface area contributed by atoms with Crippen LogP contribution in [0.2, 0.25) is 0 Å². The molecule has 4 nitrogen and oxygen atoms in total. The van der Waals surface area contributed by atoms with E-state index in [2.05, 4.69) is 20.8 Å². The summed E-state index contributed by atoms with van der Waals surface area (Å²) in [4.78, 5) is 14.5. The zero-order valence-electron chi connectivity index (χ0n) is 10.9. The van der Waals surface area contributed by atoms with Gasteiger partial charge in [-0.3, -0.25) is 4.79 Å². The van der Waals surface area contributed by atoms with Crippen LogP contribution in [0.5, 0.6) is 11.5 Å². The van der Waals surface area contributed by atoms with Gasteiger partial charge in [-0.15, -0.1) is 0 Å². The number of ketones is 1. The summed E-state index contributed by atoms with van der Waals surface area (Å²) >= 11 is 3.54. The number of fused-ring (bicyclic) bond motifs is 4. The normalized spacial score (nSPS) is 22.9. The van der Waals surface area contributed by atoms with Gasteiger partial charge in [0.1, 0.15) is 0 Å². The van der Waals surface area contributed by atoms with Crippen molar-refractivity contribution in [2.75, 3.05) is 19.9 Å². The molecule has 104 valence electrons. The Labute approximate surface area is 125 Å². The minimum Gasteiger partial charge on any atom is -0.454 e. The van der Waals surface area contributed by atoms with Gasteiger partial charge in [-0.05, 0) is 36.6 Å². The first-order chi connectivity index (χ1) is 9.72. The predicted molar refractivity (Wildman–Crippen MR) is 77.5 cm³/mol. The SMILES string of the molecule is O=C1/C(=C\c2cc3c(cc2Br)OCO3)N2CCC1CC2. The first kappa shape index (κ1) is 12.3. The fourth-order valence-electron chi connectivity index (χ4n) is 3.10. The number of carbonyl (C=O) groups excluding carboxylic acids is 1. The van der Waals surface area contributed by atoms with Crippen molar-refractivity contribution in [2.45, 2.75) is 12.8 Å². The Balaban J connectivity index is 1.75. The third kappa shape index (κ3) is 1.84. The summed E-state index contributed by atoms with van der Waals surface area (Å²) in [6.07, 6.45) is 3.97. The number of hydrogen-bond donors (Lipinski definition) is 0. The van der Waals surface area contributed by atoms with Gasteiger partial charge in [0, 0.05) is 23.5 Å². The van der Waals surface area contributed by atoms with Gasteiger partial charge in [0.15, 0.2) is 17.3 Å². The maximum Gasteiger partial charge on any atom is 0.231 e. The molecule has 5 rings (SSSR count). The maximum absolute atomic E-state index is 12.4. The van der Waals surface area contributed by atoms with E-state index in [9.17, 15) is 4.79 Å². The van der Waals surface area contributed by atoms with Crippen LogP contribution < -0.4 is 9.47 Å². The van der Waals surface area contributed by atoms with Gasteiger partial charge < -0.3 is 14.4 Å². The predicted octanol–water partition coefficient (Wildman–Crippen LogP) is 2.81. The highest BCUT2D eigenvalue weighted by Gasteiger charge is 2.36. The molecule has 2 bridgehead atoms. The largest absolute Gasteiger partial charge is 0.454 e. The van der Waals surface area contributed by atoms with Crippen LogP contribution >= 0.6 is 15.9 Å². The molecule has 4 aliphatic rings. The Morgan fingerprint density at radius 1 is 1.20 bits per heavy atom. The second-order valence-electron chi connectivity index (χ2n) is 5.38. The molecular formula is C15H14BrNO3. The van der Waals surface area contributed by atoms with Crippen LogP contribution in [0.3, 0.4) is 0 Å². The Kier molecular flexibility index (Phi) is 2.77. The average molecular weight is 336 g/mol. The van der Waals surface area contributed by atoms with E-state index in [4.69, 9.17) is 9.47 Å². The average Bonchev–Trinajstić information content (AvgIpc) is 2.90. The molecule has 0 spiro atoms. The van der Waals surface area contributed by atoms with Crippen LogP contribution in [-0.4, -0.2) is 30.6 Å². The molecule has 5 heteroatoms. The first-order valence-corrected chi connectivity index (χ1v) is 7.61. The number of ether oxygens (including phenoxy) is 2. The molecule has 0 atom stereocenters. The maximum atomic E-state index is 12.4. The van der Waals surface area contributed by atoms with Crippen LogP contribution in [0, 0.1) is 5.92 Å². The van der Waals surface area contributed by atoms with Gasteiger partial charge >= 0.3 is 0 Å². The third-order valence-electron chi connectivity index (χ3n) is 4.24. The number of rotatable bonds is 1. The summed E-state index contributed by atoms with van der Waals surface area (Å²) in [7, 11) is 0. The molecule has 0 radical (unpaired) electrons. The van der Waals surface area contributed by atoms with Gasteiger partial charge in [-0.2, -0.15) is 0 Å². The molecule has 0 aliphatic carbocycles. The number of hydrogen-bond acceptors (Lipinski definition) is 4. The van der Waals surface area contributed by atoms with Crippen LogP contribution in [-0.2, 0) is 4.79 Å². The molecule has 0 saturated carbocycles. The molecule has 3 fully saturated rings. The van der Waals surface area contributed by atoms with Crippen LogP contribution in [0.15, 0.2) is 22.3 Å². The van der Waals surface area contributed by atoms with E-state index in [1.807, 2.05) is 18.2 Å². The molecule has 0 unspecified atom stereocenters. The van der Waals surface area contributed by atoms with Crippen molar-refractivity contribution < 1.29 is 14.3 Å². The zero-order valence-corrected chi connectivity index (χ0v) is 12.5. The van der Waals surface area contributed by atoms with E-state index in [1.165, 1.54) is 0 Å². The molecule has 0 aromatic heterocycles. The summed E-state index contributed by atoms with van der Waals surface area (Å²) in [5.74, 6) is 1.99. The Hall–Kier alpha value is -1.49. The van der Waals surface area contributed by atoms with Crippen LogP contribution in [0.4, 0.5) is 0 Å². The zero-order chi connectivity index (χ0) is 13.7. The summed E-state index contributed by atoms with van der Waals surface area (Å²) < 4.78 is 11.7. The van der Waals surface area contributed by atoms with Crippen molar-refractivity contribution in [3.63, 3.8) is 0 Å². The van der Waals surface area contributed by atoms with Crippen molar-refractivity contribution in [3.05, 3.63) is 27.9 Å². The van der Waals surface area contributed by atoms with Gasteiger partial charge in [-0.25, -0.2) is 0 Å². The lowest BCUT2D eigenvalue weighted by molar-refractivity contribution is -0.125. The molecule has 20 heavy (non-hydrogen) atoms. The molecule has 1 aromatic carbocycles. The lowest BCUT2D eigenvalue weighted by Gasteiger charge is -2.41. The summed E-state index contributed by atoms with van der Waals surface area (Å²) in [5, 5.41) is 0. The van der Waals surface area contributed by atoms with Crippen molar-refractivity contribution in [2.24, 2.45) is 5.92 Å². The van der Waals surface area contributed by atoms with Gasteiger partial charge in [-0.1, -0.05) is 15.9 Å². The highest BCUT2D eigenvalue weighted by molar-refractivity contribution is 9.10. The first-order valence-electron chi connectivity index (χ1n) is 6.82. The highest BCUT2D eigenvalue weighted by atomic mass is 79.9. The number of halogens is 1. The minimum absolute atomic E-state index is 0.221. The third-order valence-corrected chi connectivity index (χ3v) is 4.93. The lowest BCUT2D eigenvalue weighted by atomic mass is 9.84. The number of Topliss-reactive ketones (excluding diaryl/α,β-unsaturated/α-hetero) is 1. The Bertz CT molecular complexity index is 618. The molecule has 0 amide bonds. The summed E-state index contributed by atoms with van der Waals surface area (Å²) in [6, 6.07) is 3.83. The molecule has 3 saturated heterocycles. The molecule has 4 heterocycles. The van der Waals surface area contributed by atoms with E-state index < -0.39 is 0 Å². The highest BCUT2D eigenvalue weighted by Crippen LogP contribution is 2.39. The number of carbonyl (C=O) groups is 1. The van der Waals surface area contributed by atoms with E-state index in [0.717, 1.165) is 53.2 Å². The van der Waals surface area contributed by atoms with Gasteiger partial charge in [0.05, 0.1) is 5.70 Å². The smallest absolute Gasteiger partial charge is 0.231 e. The van der Waals surface area contributed by atoms with E-state index in [1.54, 1.807) is 0 Å². The number of nitrogens with zero attached hydrogens (tertiary/aromatic N) is 1. The van der Waals surface area contributed by atoms with Gasteiger partial charge in [0.2, 0.25) is 6.79 Å². The van der Waals surface area contributed by atoms with E-state index >= 15 is 0 Å². The summed E-state index contributed by atoms with van der Waals surface area (Å²) in [5.41, 5.74) is 1.80. The van der Waals surface area contributed by atoms with Crippen molar-refractivity contribution in [3.8, 4) is 11.5 Å². The monoisotopic (exact) mass is 335 g/mol. The second-order valence-corrected chi connectivity index (χ2v) is 6.24. The van der Waals surface area contributed by atoms with Crippen LogP contribution in [0.1, 0.15) is 18.4 Å². The number of piperidine rings is 3. The van der Waals surface area contributed by atoms with Gasteiger partial charge in [0.25, 0.3) is 0 Å². The molecule has 1 aromatic rings. The molecular weight excluding hydrogens is 322 g/mol. The Morgan fingerprint density at radius 2 is 1.90 bits per heavy atom. The van der Waals surface area contributed by atoms with Crippen molar-refractivity contribution in [1.29, 1.82) is 0 Å². The number of benzene rings is 1. The summed E-state index contributed by atoms with van der Waals surface area (Å²) in [6.45, 7) is 2.24. The fraction of sp³-hybridized carbons (Fsp3) is 0.400. The molecule has 4 aliphatic heterocycles. The number of allylic oxidation sites excluding steroid dienone is 1. The lowest BCUT2D eigenvalue weighted by Crippen LogP contribution is -2.45. The quantitative estimate of drug-likeness (QED) is 0.740. The van der Waals surface area contributed by atoms with Crippen molar-refractivity contribution in [1.82, 2.24) is 4.90 Å². The molecule has 0 N–H and O–H groups in total.